The first-order valence-corrected chi connectivity index (χ1v) is 8.55. The van der Waals surface area contributed by atoms with Gasteiger partial charge in [0.15, 0.2) is 0 Å². The summed E-state index contributed by atoms with van der Waals surface area (Å²) >= 11 is 6.83. The summed E-state index contributed by atoms with van der Waals surface area (Å²) in [7, 11) is -1.87. The molecule has 5 nitrogen and oxygen atoms in total. The third-order valence-corrected chi connectivity index (χ3v) is 6.81. The van der Waals surface area contributed by atoms with Gasteiger partial charge in [-0.05, 0) is 25.0 Å². The third-order valence-electron chi connectivity index (χ3n) is 3.21. The molecule has 1 aliphatic rings. The topological polar surface area (TPSA) is 66.5 Å². The monoisotopic (exact) mass is 322 g/mol. The van der Waals surface area contributed by atoms with Gasteiger partial charge in [0.2, 0.25) is 5.91 Å². The number of halogens is 1. The number of hydrogen-bond acceptors (Lipinski definition) is 4. The van der Waals surface area contributed by atoms with Crippen molar-refractivity contribution in [3.05, 3.63) is 16.5 Å². The van der Waals surface area contributed by atoms with Crippen LogP contribution in [0.5, 0.6) is 0 Å². The molecule has 0 spiro atoms. The summed E-state index contributed by atoms with van der Waals surface area (Å²) in [6.07, 6.45) is 1.11. The molecule has 19 heavy (non-hydrogen) atoms. The van der Waals surface area contributed by atoms with E-state index in [0.717, 1.165) is 11.3 Å². The zero-order valence-corrected chi connectivity index (χ0v) is 12.8. The van der Waals surface area contributed by atoms with Gasteiger partial charge in [-0.3, -0.25) is 4.79 Å². The van der Waals surface area contributed by atoms with Crippen molar-refractivity contribution in [1.82, 2.24) is 9.62 Å². The molecule has 0 aliphatic carbocycles. The van der Waals surface area contributed by atoms with Gasteiger partial charge in [-0.15, -0.1) is 11.3 Å². The minimum atomic E-state index is -3.46. The largest absolute Gasteiger partial charge is 0.359 e. The Morgan fingerprint density at radius 1 is 1.42 bits per heavy atom. The Hall–Kier alpha value is -0.630. The lowest BCUT2D eigenvalue weighted by atomic mass is 9.97. The maximum Gasteiger partial charge on any atom is 0.252 e. The number of carbonyl (C=O) groups excluding carboxylic acids is 1. The lowest BCUT2D eigenvalue weighted by Gasteiger charge is -2.29. The summed E-state index contributed by atoms with van der Waals surface area (Å²) in [6.45, 7) is 0.742. The fourth-order valence-corrected chi connectivity index (χ4v) is 5.23. The van der Waals surface area contributed by atoms with Crippen LogP contribution in [0.3, 0.4) is 0 Å². The summed E-state index contributed by atoms with van der Waals surface area (Å²) in [4.78, 5) is 11.5. The standard InChI is InChI=1S/C11H15ClN2O3S2/c1-13-11(15)8-4-6-14(7-5-8)19(16,17)10-3-2-9(12)18-10/h2-3,8H,4-7H2,1H3,(H,13,15). The molecular formula is C11H15ClN2O3S2. The maximum absolute atomic E-state index is 12.3. The molecule has 0 aromatic carbocycles. The van der Waals surface area contributed by atoms with E-state index in [9.17, 15) is 13.2 Å². The maximum atomic E-state index is 12.3. The predicted octanol–water partition coefficient (Wildman–Crippen LogP) is 1.55. The van der Waals surface area contributed by atoms with E-state index in [0.29, 0.717) is 30.3 Å². The van der Waals surface area contributed by atoms with E-state index in [1.165, 1.54) is 10.4 Å². The van der Waals surface area contributed by atoms with Gasteiger partial charge in [-0.2, -0.15) is 4.31 Å². The van der Waals surface area contributed by atoms with E-state index in [2.05, 4.69) is 5.32 Å². The lowest BCUT2D eigenvalue weighted by molar-refractivity contribution is -0.125. The Bertz CT molecular complexity index is 562. The van der Waals surface area contributed by atoms with Gasteiger partial charge in [0, 0.05) is 26.1 Å². The van der Waals surface area contributed by atoms with Crippen LogP contribution in [0.4, 0.5) is 0 Å². The SMILES string of the molecule is CNC(=O)C1CCN(S(=O)(=O)c2ccc(Cl)s2)CC1. The van der Waals surface area contributed by atoms with Gasteiger partial charge in [-0.1, -0.05) is 11.6 Å². The lowest BCUT2D eigenvalue weighted by Crippen LogP contribution is -2.42. The number of piperidine rings is 1. The second-order valence-corrected chi connectivity index (χ2v) is 8.23. The molecule has 1 amide bonds. The smallest absolute Gasteiger partial charge is 0.252 e. The number of rotatable bonds is 3. The summed E-state index contributed by atoms with van der Waals surface area (Å²) < 4.78 is 26.8. The minimum absolute atomic E-state index is 0.0174. The molecule has 0 atom stereocenters. The molecule has 1 fully saturated rings. The summed E-state index contributed by atoms with van der Waals surface area (Å²) in [5, 5.41) is 2.60. The molecule has 2 heterocycles. The normalized spacial score (nSPS) is 18.4. The average Bonchev–Trinajstić information content (AvgIpc) is 2.85. The van der Waals surface area contributed by atoms with Crippen LogP contribution in [0.25, 0.3) is 0 Å². The summed E-state index contributed by atoms with van der Waals surface area (Å²) in [5.41, 5.74) is 0. The van der Waals surface area contributed by atoms with E-state index in [4.69, 9.17) is 11.6 Å². The Kier molecular flexibility index (Phi) is 4.50. The van der Waals surface area contributed by atoms with Gasteiger partial charge in [-0.25, -0.2) is 8.42 Å². The van der Waals surface area contributed by atoms with Crippen molar-refractivity contribution in [2.75, 3.05) is 20.1 Å². The quantitative estimate of drug-likeness (QED) is 0.918. The molecule has 1 aliphatic heterocycles. The van der Waals surface area contributed by atoms with E-state index in [1.54, 1.807) is 13.1 Å². The van der Waals surface area contributed by atoms with Crippen LogP contribution < -0.4 is 5.32 Å². The van der Waals surface area contributed by atoms with Crippen molar-refractivity contribution in [3.8, 4) is 0 Å². The minimum Gasteiger partial charge on any atom is -0.359 e. The van der Waals surface area contributed by atoms with E-state index >= 15 is 0 Å². The molecule has 0 saturated carbocycles. The molecule has 8 heteroatoms. The summed E-state index contributed by atoms with van der Waals surface area (Å²) in [5.74, 6) is -0.111. The van der Waals surface area contributed by atoms with Crippen LogP contribution in [0, 0.1) is 5.92 Å². The average molecular weight is 323 g/mol. The van der Waals surface area contributed by atoms with Gasteiger partial charge in [0.05, 0.1) is 4.34 Å². The number of amides is 1. The van der Waals surface area contributed by atoms with Gasteiger partial charge in [0.1, 0.15) is 4.21 Å². The summed E-state index contributed by atoms with van der Waals surface area (Å²) in [6, 6.07) is 3.10. The van der Waals surface area contributed by atoms with Crippen molar-refractivity contribution in [2.24, 2.45) is 5.92 Å². The Labute approximate surface area is 121 Å². The Balaban J connectivity index is 2.07. The first kappa shape index (κ1) is 14.8. The fraction of sp³-hybridized carbons (Fsp3) is 0.545. The van der Waals surface area contributed by atoms with Crippen LogP contribution in [0.2, 0.25) is 4.34 Å². The second-order valence-electron chi connectivity index (χ2n) is 4.35. The van der Waals surface area contributed by atoms with Crippen molar-refractivity contribution < 1.29 is 13.2 Å². The van der Waals surface area contributed by atoms with E-state index in [1.807, 2.05) is 0 Å². The number of nitrogens with zero attached hydrogens (tertiary/aromatic N) is 1. The second kappa shape index (κ2) is 5.78. The van der Waals surface area contributed by atoms with Crippen LogP contribution in [-0.4, -0.2) is 38.8 Å². The Morgan fingerprint density at radius 3 is 2.53 bits per heavy atom. The number of thiophene rings is 1. The fourth-order valence-electron chi connectivity index (χ4n) is 2.13. The van der Waals surface area contributed by atoms with Crippen LogP contribution in [-0.2, 0) is 14.8 Å². The molecule has 0 unspecified atom stereocenters. The highest BCUT2D eigenvalue weighted by Gasteiger charge is 2.32. The molecule has 1 aromatic heterocycles. The third kappa shape index (κ3) is 3.10. The van der Waals surface area contributed by atoms with E-state index in [-0.39, 0.29) is 16.0 Å². The van der Waals surface area contributed by atoms with Crippen molar-refractivity contribution in [1.29, 1.82) is 0 Å². The van der Waals surface area contributed by atoms with Crippen molar-refractivity contribution >= 4 is 38.9 Å². The highest BCUT2D eigenvalue weighted by Crippen LogP contribution is 2.30. The zero-order chi connectivity index (χ0) is 14.0. The van der Waals surface area contributed by atoms with Gasteiger partial charge >= 0.3 is 0 Å². The van der Waals surface area contributed by atoms with Gasteiger partial charge in [0.25, 0.3) is 10.0 Å². The predicted molar refractivity (Wildman–Crippen MR) is 74.9 cm³/mol. The highest BCUT2D eigenvalue weighted by atomic mass is 35.5. The van der Waals surface area contributed by atoms with Crippen LogP contribution in [0.1, 0.15) is 12.8 Å². The van der Waals surface area contributed by atoms with E-state index < -0.39 is 10.0 Å². The van der Waals surface area contributed by atoms with Crippen molar-refractivity contribution in [3.63, 3.8) is 0 Å². The molecule has 1 saturated heterocycles. The molecule has 2 rings (SSSR count). The number of hydrogen-bond donors (Lipinski definition) is 1. The molecule has 0 radical (unpaired) electrons. The Morgan fingerprint density at radius 2 is 2.05 bits per heavy atom. The van der Waals surface area contributed by atoms with Gasteiger partial charge < -0.3 is 5.32 Å². The molecule has 1 aromatic rings. The first-order valence-electron chi connectivity index (χ1n) is 5.92. The van der Waals surface area contributed by atoms with Crippen LogP contribution in [0.15, 0.2) is 16.3 Å². The van der Waals surface area contributed by atoms with Crippen LogP contribution >= 0.6 is 22.9 Å². The number of carbonyl (C=O) groups is 1. The number of nitrogens with one attached hydrogen (secondary N) is 1. The number of sulfonamides is 1. The molecule has 0 bridgehead atoms. The van der Waals surface area contributed by atoms with Crippen molar-refractivity contribution in [2.45, 2.75) is 17.1 Å². The molecule has 106 valence electrons. The molecular weight excluding hydrogens is 308 g/mol. The zero-order valence-electron chi connectivity index (χ0n) is 10.4. The highest BCUT2D eigenvalue weighted by molar-refractivity contribution is 7.91. The molecule has 1 N–H and O–H groups in total. The first-order chi connectivity index (χ1) is 8.95.